The quantitative estimate of drug-likeness (QED) is 0.708. The third-order valence-corrected chi connectivity index (χ3v) is 5.21. The molecule has 26 heavy (non-hydrogen) atoms. The molecular formula is C20H26N6. The van der Waals surface area contributed by atoms with Crippen LogP contribution in [0.5, 0.6) is 0 Å². The minimum Gasteiger partial charge on any atom is -0.355 e. The van der Waals surface area contributed by atoms with Gasteiger partial charge in [0.1, 0.15) is 5.82 Å². The third-order valence-electron chi connectivity index (χ3n) is 5.21. The summed E-state index contributed by atoms with van der Waals surface area (Å²) in [5, 5.41) is 12.9. The Morgan fingerprint density at radius 1 is 1.04 bits per heavy atom. The van der Waals surface area contributed by atoms with Crippen LogP contribution in [0.15, 0.2) is 42.5 Å². The van der Waals surface area contributed by atoms with Crippen molar-refractivity contribution in [1.29, 1.82) is 0 Å². The number of fused-ring (bicyclic) bond motifs is 1. The summed E-state index contributed by atoms with van der Waals surface area (Å²) in [4.78, 5) is 4.83. The summed E-state index contributed by atoms with van der Waals surface area (Å²) in [6, 6.07) is 14.8. The lowest BCUT2D eigenvalue weighted by atomic mass is 9.96. The van der Waals surface area contributed by atoms with E-state index in [1.165, 1.54) is 18.4 Å². The molecule has 6 heteroatoms. The second-order valence-electron chi connectivity index (χ2n) is 7.32. The molecule has 1 aliphatic heterocycles. The molecule has 1 aliphatic rings. The van der Waals surface area contributed by atoms with E-state index >= 15 is 0 Å². The van der Waals surface area contributed by atoms with Gasteiger partial charge in [0.2, 0.25) is 0 Å². The predicted molar refractivity (Wildman–Crippen MR) is 103 cm³/mol. The van der Waals surface area contributed by atoms with Crippen LogP contribution in [0.25, 0.3) is 5.65 Å². The Hall–Kier alpha value is -2.47. The van der Waals surface area contributed by atoms with Crippen molar-refractivity contribution in [1.82, 2.24) is 24.7 Å². The van der Waals surface area contributed by atoms with Crippen LogP contribution < -0.4 is 4.90 Å². The molecule has 3 aromatic rings. The van der Waals surface area contributed by atoms with E-state index in [0.717, 1.165) is 49.4 Å². The summed E-state index contributed by atoms with van der Waals surface area (Å²) >= 11 is 0. The van der Waals surface area contributed by atoms with Crippen molar-refractivity contribution in [3.8, 4) is 0 Å². The first-order chi connectivity index (χ1) is 12.7. The van der Waals surface area contributed by atoms with E-state index in [-0.39, 0.29) is 0 Å². The number of benzene rings is 1. The number of hydrogen-bond acceptors (Lipinski definition) is 5. The molecule has 0 unspecified atom stereocenters. The predicted octanol–water partition coefficient (Wildman–Crippen LogP) is 2.78. The van der Waals surface area contributed by atoms with E-state index in [9.17, 15) is 0 Å². The van der Waals surface area contributed by atoms with Gasteiger partial charge in [0.15, 0.2) is 11.5 Å². The van der Waals surface area contributed by atoms with Crippen LogP contribution in [0, 0.1) is 12.8 Å². The van der Waals surface area contributed by atoms with Crippen molar-refractivity contribution < 1.29 is 0 Å². The molecule has 3 heterocycles. The fraction of sp³-hybridized carbons (Fsp3) is 0.450. The maximum absolute atomic E-state index is 4.71. The Balaban J connectivity index is 1.32. The Labute approximate surface area is 154 Å². The second-order valence-corrected chi connectivity index (χ2v) is 7.32. The Bertz CT molecular complexity index is 851. The molecule has 0 radical (unpaired) electrons. The van der Waals surface area contributed by atoms with E-state index < -0.39 is 0 Å². The van der Waals surface area contributed by atoms with Crippen LogP contribution >= 0.6 is 0 Å². The van der Waals surface area contributed by atoms with Crippen molar-refractivity contribution in [3.63, 3.8) is 0 Å². The number of piperidine rings is 1. The number of aromatic nitrogens is 4. The number of anilines is 1. The van der Waals surface area contributed by atoms with Gasteiger partial charge in [-0.15, -0.1) is 15.3 Å². The topological polar surface area (TPSA) is 49.6 Å². The lowest BCUT2D eigenvalue weighted by Crippen LogP contribution is -2.38. The molecule has 0 aliphatic carbocycles. The smallest absolute Gasteiger partial charge is 0.178 e. The fourth-order valence-electron chi connectivity index (χ4n) is 3.80. The van der Waals surface area contributed by atoms with Gasteiger partial charge in [0.05, 0.1) is 0 Å². The van der Waals surface area contributed by atoms with E-state index in [1.54, 1.807) is 0 Å². The van der Waals surface area contributed by atoms with Crippen molar-refractivity contribution in [2.24, 2.45) is 5.92 Å². The first-order valence-corrected chi connectivity index (χ1v) is 9.35. The van der Waals surface area contributed by atoms with Crippen molar-refractivity contribution in [3.05, 3.63) is 53.9 Å². The summed E-state index contributed by atoms with van der Waals surface area (Å²) in [5.74, 6) is 2.61. The summed E-state index contributed by atoms with van der Waals surface area (Å²) in [7, 11) is 2.23. The fourth-order valence-corrected chi connectivity index (χ4v) is 3.80. The van der Waals surface area contributed by atoms with Crippen LogP contribution in [0.4, 0.5) is 5.82 Å². The molecule has 136 valence electrons. The Kier molecular flexibility index (Phi) is 4.84. The lowest BCUT2D eigenvalue weighted by molar-refractivity contribution is 0.242. The van der Waals surface area contributed by atoms with E-state index in [1.807, 2.05) is 17.5 Å². The molecule has 1 fully saturated rings. The normalized spacial score (nSPS) is 15.9. The number of hydrogen-bond donors (Lipinski definition) is 0. The van der Waals surface area contributed by atoms with Gasteiger partial charge in [-0.05, 0) is 50.4 Å². The Morgan fingerprint density at radius 3 is 2.58 bits per heavy atom. The molecule has 0 saturated carbocycles. The molecule has 0 N–H and O–H groups in total. The first kappa shape index (κ1) is 17.0. The molecule has 4 rings (SSSR count). The zero-order chi connectivity index (χ0) is 17.9. The van der Waals surface area contributed by atoms with Gasteiger partial charge in [0, 0.05) is 26.2 Å². The molecule has 2 aromatic heterocycles. The zero-order valence-corrected chi connectivity index (χ0v) is 15.5. The lowest BCUT2D eigenvalue weighted by Gasteiger charge is -2.34. The van der Waals surface area contributed by atoms with E-state index in [2.05, 4.69) is 63.4 Å². The van der Waals surface area contributed by atoms with Gasteiger partial charge in [0.25, 0.3) is 0 Å². The molecule has 6 nitrogen and oxygen atoms in total. The van der Waals surface area contributed by atoms with Crippen LogP contribution in [0.2, 0.25) is 0 Å². The molecule has 0 atom stereocenters. The van der Waals surface area contributed by atoms with Crippen molar-refractivity contribution in [2.45, 2.75) is 26.3 Å². The first-order valence-electron chi connectivity index (χ1n) is 9.35. The average molecular weight is 350 g/mol. The monoisotopic (exact) mass is 350 g/mol. The standard InChI is InChI=1S/C20H26N6/c1-16-21-22-19-8-9-20(23-26(16)19)25-12-10-18(11-13-25)15-24(2)14-17-6-4-3-5-7-17/h3-9,18H,10-15H2,1-2H3. The largest absolute Gasteiger partial charge is 0.355 e. The van der Waals surface area contributed by atoms with Gasteiger partial charge in [-0.2, -0.15) is 4.52 Å². The van der Waals surface area contributed by atoms with Gasteiger partial charge in [-0.1, -0.05) is 30.3 Å². The second kappa shape index (κ2) is 7.41. The summed E-state index contributed by atoms with van der Waals surface area (Å²) in [6.07, 6.45) is 2.42. The van der Waals surface area contributed by atoms with Gasteiger partial charge < -0.3 is 9.80 Å². The van der Waals surface area contributed by atoms with Crippen LogP contribution in [0.3, 0.4) is 0 Å². The van der Waals surface area contributed by atoms with E-state index in [4.69, 9.17) is 5.10 Å². The maximum Gasteiger partial charge on any atom is 0.178 e. The van der Waals surface area contributed by atoms with Crippen LogP contribution in [-0.4, -0.2) is 51.4 Å². The number of rotatable bonds is 5. The van der Waals surface area contributed by atoms with Crippen LogP contribution in [-0.2, 0) is 6.54 Å². The zero-order valence-electron chi connectivity index (χ0n) is 15.5. The molecule has 0 spiro atoms. The SMILES string of the molecule is Cc1nnc2ccc(N3CCC(CN(C)Cc4ccccc4)CC3)nn12. The van der Waals surface area contributed by atoms with Gasteiger partial charge >= 0.3 is 0 Å². The summed E-state index contributed by atoms with van der Waals surface area (Å²) in [5.41, 5.74) is 2.19. The Morgan fingerprint density at radius 2 is 1.81 bits per heavy atom. The van der Waals surface area contributed by atoms with Gasteiger partial charge in [-0.3, -0.25) is 0 Å². The highest BCUT2D eigenvalue weighted by molar-refractivity contribution is 5.45. The molecule has 0 amide bonds. The summed E-state index contributed by atoms with van der Waals surface area (Å²) in [6.45, 7) is 6.23. The summed E-state index contributed by atoms with van der Waals surface area (Å²) < 4.78 is 1.83. The van der Waals surface area contributed by atoms with Crippen molar-refractivity contribution in [2.75, 3.05) is 31.6 Å². The van der Waals surface area contributed by atoms with E-state index in [0.29, 0.717) is 0 Å². The minimum absolute atomic E-state index is 0.750. The highest BCUT2D eigenvalue weighted by Gasteiger charge is 2.22. The average Bonchev–Trinajstić information content (AvgIpc) is 3.03. The van der Waals surface area contributed by atoms with Crippen LogP contribution in [0.1, 0.15) is 24.2 Å². The third kappa shape index (κ3) is 3.70. The number of nitrogens with zero attached hydrogens (tertiary/aromatic N) is 6. The molecule has 1 aromatic carbocycles. The highest BCUT2D eigenvalue weighted by Crippen LogP contribution is 2.23. The van der Waals surface area contributed by atoms with Gasteiger partial charge in [-0.25, -0.2) is 0 Å². The number of aryl methyl sites for hydroxylation is 1. The minimum atomic E-state index is 0.750. The molecule has 0 bridgehead atoms. The molecule has 1 saturated heterocycles. The highest BCUT2D eigenvalue weighted by atomic mass is 15.4. The molecular weight excluding hydrogens is 324 g/mol. The van der Waals surface area contributed by atoms with Crippen molar-refractivity contribution >= 4 is 11.5 Å². The maximum atomic E-state index is 4.71.